The van der Waals surface area contributed by atoms with E-state index < -0.39 is 6.04 Å². The summed E-state index contributed by atoms with van der Waals surface area (Å²) >= 11 is 1.32. The molecule has 1 aliphatic rings. The molecular formula is C25H33N3O4S. The zero-order valence-electron chi connectivity index (χ0n) is 19.3. The summed E-state index contributed by atoms with van der Waals surface area (Å²) in [7, 11) is 1.58. The molecule has 1 saturated carbocycles. The molecule has 2 N–H and O–H groups in total. The van der Waals surface area contributed by atoms with E-state index in [9.17, 15) is 14.4 Å². The molecule has 0 radical (unpaired) electrons. The molecule has 1 aromatic heterocycles. The van der Waals surface area contributed by atoms with Crippen molar-refractivity contribution >= 4 is 29.1 Å². The molecule has 0 unspecified atom stereocenters. The smallest absolute Gasteiger partial charge is 0.261 e. The first-order valence-corrected chi connectivity index (χ1v) is 12.5. The Morgan fingerprint density at radius 2 is 1.97 bits per heavy atom. The molecule has 33 heavy (non-hydrogen) atoms. The number of thiophene rings is 1. The third-order valence-electron chi connectivity index (χ3n) is 5.89. The fourth-order valence-corrected chi connectivity index (χ4v) is 4.75. The van der Waals surface area contributed by atoms with Gasteiger partial charge in [0.25, 0.3) is 5.91 Å². The first kappa shape index (κ1) is 24.8. The standard InChI is InChI=1S/C25H33N3O4S/c1-3-4-14-28(22(29)17-26-24(30)21-13-8-15-33-21)23(18-9-7-12-20(16-18)32-2)25(31)27-19-10-5-6-11-19/h7-9,12-13,15-16,19,23H,3-6,10-11,14,17H2,1-2H3,(H,26,30)(H,27,31)/t23-/m0/s1. The van der Waals surface area contributed by atoms with Gasteiger partial charge in [-0.2, -0.15) is 0 Å². The Morgan fingerprint density at radius 3 is 2.64 bits per heavy atom. The van der Waals surface area contributed by atoms with E-state index in [1.54, 1.807) is 30.2 Å². The highest BCUT2D eigenvalue weighted by molar-refractivity contribution is 7.12. The van der Waals surface area contributed by atoms with Gasteiger partial charge in [0, 0.05) is 12.6 Å². The molecule has 1 heterocycles. The number of unbranched alkanes of at least 4 members (excludes halogenated alkanes) is 1. The second-order valence-corrected chi connectivity index (χ2v) is 9.22. The molecular weight excluding hydrogens is 438 g/mol. The average Bonchev–Trinajstić information content (AvgIpc) is 3.54. The topological polar surface area (TPSA) is 87.7 Å². The molecule has 178 valence electrons. The molecule has 1 aliphatic carbocycles. The van der Waals surface area contributed by atoms with Crippen LogP contribution in [0.1, 0.15) is 66.7 Å². The second kappa shape index (κ2) is 12.4. The number of ether oxygens (including phenoxy) is 1. The van der Waals surface area contributed by atoms with E-state index in [1.165, 1.54) is 11.3 Å². The van der Waals surface area contributed by atoms with Crippen LogP contribution in [0.5, 0.6) is 5.75 Å². The highest BCUT2D eigenvalue weighted by Crippen LogP contribution is 2.27. The SMILES string of the molecule is CCCCN(C(=O)CNC(=O)c1cccs1)[C@H](C(=O)NC1CCCC1)c1cccc(OC)c1. The minimum absolute atomic E-state index is 0.132. The third-order valence-corrected chi connectivity index (χ3v) is 6.76. The van der Waals surface area contributed by atoms with Crippen LogP contribution in [-0.4, -0.2) is 48.9 Å². The number of nitrogens with zero attached hydrogens (tertiary/aromatic N) is 1. The lowest BCUT2D eigenvalue weighted by molar-refractivity contribution is -0.140. The van der Waals surface area contributed by atoms with Crippen LogP contribution >= 0.6 is 11.3 Å². The van der Waals surface area contributed by atoms with Crippen LogP contribution in [0.2, 0.25) is 0 Å². The van der Waals surface area contributed by atoms with Crippen LogP contribution in [0.3, 0.4) is 0 Å². The Hall–Kier alpha value is -2.87. The molecule has 1 fully saturated rings. The van der Waals surface area contributed by atoms with E-state index in [4.69, 9.17) is 4.74 Å². The van der Waals surface area contributed by atoms with Crippen molar-refractivity contribution in [3.8, 4) is 5.75 Å². The summed E-state index contributed by atoms with van der Waals surface area (Å²) in [5, 5.41) is 7.68. The molecule has 0 spiro atoms. The molecule has 1 atom stereocenters. The summed E-state index contributed by atoms with van der Waals surface area (Å²) in [5.41, 5.74) is 0.693. The van der Waals surface area contributed by atoms with Gasteiger partial charge in [-0.15, -0.1) is 11.3 Å². The lowest BCUT2D eigenvalue weighted by Crippen LogP contribution is -2.49. The molecule has 0 bridgehead atoms. The molecule has 3 amide bonds. The summed E-state index contributed by atoms with van der Waals surface area (Å²) in [6, 6.07) is 10.1. The van der Waals surface area contributed by atoms with Crippen molar-refractivity contribution in [1.29, 1.82) is 0 Å². The maximum absolute atomic E-state index is 13.5. The van der Waals surface area contributed by atoms with Crippen molar-refractivity contribution in [2.45, 2.75) is 57.5 Å². The van der Waals surface area contributed by atoms with Crippen molar-refractivity contribution in [2.24, 2.45) is 0 Å². The highest BCUT2D eigenvalue weighted by Gasteiger charge is 2.33. The normalized spacial score (nSPS) is 14.5. The van der Waals surface area contributed by atoms with Crippen LogP contribution in [0.4, 0.5) is 0 Å². The number of hydrogen-bond donors (Lipinski definition) is 2. The molecule has 8 heteroatoms. The van der Waals surface area contributed by atoms with Crippen molar-refractivity contribution < 1.29 is 19.1 Å². The molecule has 1 aromatic carbocycles. The van der Waals surface area contributed by atoms with Crippen LogP contribution in [0, 0.1) is 0 Å². The molecule has 0 aliphatic heterocycles. The van der Waals surface area contributed by atoms with E-state index in [1.807, 2.05) is 30.5 Å². The van der Waals surface area contributed by atoms with Gasteiger partial charge in [0.05, 0.1) is 18.5 Å². The van der Waals surface area contributed by atoms with E-state index in [0.717, 1.165) is 38.5 Å². The van der Waals surface area contributed by atoms with E-state index in [2.05, 4.69) is 10.6 Å². The Labute approximate surface area is 199 Å². The Kier molecular flexibility index (Phi) is 9.30. The van der Waals surface area contributed by atoms with Gasteiger partial charge in [-0.1, -0.05) is 44.4 Å². The minimum Gasteiger partial charge on any atom is -0.497 e. The van der Waals surface area contributed by atoms with Crippen LogP contribution in [-0.2, 0) is 9.59 Å². The summed E-state index contributed by atoms with van der Waals surface area (Å²) in [6.45, 7) is 2.29. The average molecular weight is 472 g/mol. The summed E-state index contributed by atoms with van der Waals surface area (Å²) in [5.74, 6) is -0.144. The van der Waals surface area contributed by atoms with Gasteiger partial charge in [0.1, 0.15) is 11.8 Å². The Morgan fingerprint density at radius 1 is 1.18 bits per heavy atom. The van der Waals surface area contributed by atoms with Gasteiger partial charge in [0.15, 0.2) is 0 Å². The highest BCUT2D eigenvalue weighted by atomic mass is 32.1. The van der Waals surface area contributed by atoms with Crippen molar-refractivity contribution in [3.05, 3.63) is 52.2 Å². The largest absolute Gasteiger partial charge is 0.497 e. The molecule has 0 saturated heterocycles. The minimum atomic E-state index is -0.793. The summed E-state index contributed by atoms with van der Waals surface area (Å²) < 4.78 is 5.37. The van der Waals surface area contributed by atoms with Gasteiger partial charge in [-0.25, -0.2) is 0 Å². The van der Waals surface area contributed by atoms with Crippen LogP contribution in [0.15, 0.2) is 41.8 Å². The Bertz CT molecular complexity index is 925. The zero-order chi connectivity index (χ0) is 23.6. The van der Waals surface area contributed by atoms with Crippen molar-refractivity contribution in [2.75, 3.05) is 20.2 Å². The zero-order valence-corrected chi connectivity index (χ0v) is 20.2. The van der Waals surface area contributed by atoms with Crippen LogP contribution in [0.25, 0.3) is 0 Å². The summed E-state index contributed by atoms with van der Waals surface area (Å²) in [6.07, 6.45) is 5.74. The second-order valence-electron chi connectivity index (χ2n) is 8.27. The fourth-order valence-electron chi connectivity index (χ4n) is 4.11. The quantitative estimate of drug-likeness (QED) is 0.520. The number of hydrogen-bond acceptors (Lipinski definition) is 5. The van der Waals surface area contributed by atoms with Gasteiger partial charge >= 0.3 is 0 Å². The summed E-state index contributed by atoms with van der Waals surface area (Å²) in [4.78, 5) is 41.3. The van der Waals surface area contributed by atoms with Gasteiger partial charge in [0.2, 0.25) is 11.8 Å². The van der Waals surface area contributed by atoms with Gasteiger partial charge in [-0.3, -0.25) is 14.4 Å². The Balaban J connectivity index is 1.84. The van der Waals surface area contributed by atoms with Gasteiger partial charge in [-0.05, 0) is 48.4 Å². The predicted octanol–water partition coefficient (Wildman–Crippen LogP) is 3.92. The first-order chi connectivity index (χ1) is 16.0. The molecule has 2 aromatic rings. The fraction of sp³-hybridized carbons (Fsp3) is 0.480. The van der Waals surface area contributed by atoms with Crippen molar-refractivity contribution in [3.63, 3.8) is 0 Å². The lowest BCUT2D eigenvalue weighted by Gasteiger charge is -2.32. The van der Waals surface area contributed by atoms with E-state index in [0.29, 0.717) is 22.7 Å². The number of rotatable bonds is 11. The van der Waals surface area contributed by atoms with Crippen molar-refractivity contribution in [1.82, 2.24) is 15.5 Å². The molecule has 7 nitrogen and oxygen atoms in total. The monoisotopic (exact) mass is 471 g/mol. The number of benzene rings is 1. The first-order valence-electron chi connectivity index (χ1n) is 11.6. The van der Waals surface area contributed by atoms with E-state index >= 15 is 0 Å². The number of carbonyl (C=O) groups is 3. The maximum Gasteiger partial charge on any atom is 0.261 e. The lowest BCUT2D eigenvalue weighted by atomic mass is 10.0. The number of nitrogens with one attached hydrogen (secondary N) is 2. The third kappa shape index (κ3) is 6.81. The number of methoxy groups -OCH3 is 1. The van der Waals surface area contributed by atoms with E-state index in [-0.39, 0.29) is 30.3 Å². The molecule has 3 rings (SSSR count). The number of amides is 3. The van der Waals surface area contributed by atoms with Gasteiger partial charge < -0.3 is 20.3 Å². The maximum atomic E-state index is 13.5. The van der Waals surface area contributed by atoms with Crippen LogP contribution < -0.4 is 15.4 Å². The predicted molar refractivity (Wildman–Crippen MR) is 129 cm³/mol. The number of carbonyl (C=O) groups excluding carboxylic acids is 3.